The smallest absolute Gasteiger partial charge is 0.143 e. The summed E-state index contributed by atoms with van der Waals surface area (Å²) in [6, 6.07) is 36.4. The number of hydrogen-bond acceptors (Lipinski definition) is 4. The van der Waals surface area contributed by atoms with E-state index in [1.54, 1.807) is 31.4 Å². The second-order valence-corrected chi connectivity index (χ2v) is 12.8. The lowest BCUT2D eigenvalue weighted by molar-refractivity contribution is 0.474. The lowest BCUT2D eigenvalue weighted by atomic mass is 9.71. The highest BCUT2D eigenvalue weighted by Crippen LogP contribution is 2.53. The van der Waals surface area contributed by atoms with Crippen LogP contribution in [0.2, 0.25) is 0 Å². The Morgan fingerprint density at radius 1 is 0.354 bits per heavy atom. The summed E-state index contributed by atoms with van der Waals surface area (Å²) in [5, 5.41) is 54.2. The van der Waals surface area contributed by atoms with Crippen molar-refractivity contribution in [1.82, 2.24) is 0 Å². The molecule has 0 aromatic heterocycles. The lowest BCUT2D eigenvalue weighted by Gasteiger charge is -2.25. The van der Waals surface area contributed by atoms with Crippen LogP contribution in [0.3, 0.4) is 0 Å². The van der Waals surface area contributed by atoms with Gasteiger partial charge in [-0.15, -0.1) is 0 Å². The monoisotopic (exact) mass is 618 g/mol. The third-order valence-electron chi connectivity index (χ3n) is 10.3. The van der Waals surface area contributed by atoms with Crippen LogP contribution < -0.4 is 21.9 Å². The van der Waals surface area contributed by atoms with Gasteiger partial charge in [0.2, 0.25) is 0 Å². The molecule has 8 heteroatoms. The van der Waals surface area contributed by atoms with Gasteiger partial charge in [0.05, 0.1) is 0 Å². The molecule has 0 atom stereocenters. The summed E-state index contributed by atoms with van der Waals surface area (Å²) in [6.07, 6.45) is 0. The van der Waals surface area contributed by atoms with E-state index < -0.39 is 0 Å². The van der Waals surface area contributed by atoms with Gasteiger partial charge in [-0.3, -0.25) is 0 Å². The van der Waals surface area contributed by atoms with Crippen LogP contribution in [0.15, 0.2) is 109 Å². The molecular formula is C40H30B4O4. The number of fused-ring (bicyclic) bond motifs is 4. The quantitative estimate of drug-likeness (QED) is 0.140. The van der Waals surface area contributed by atoms with Gasteiger partial charge >= 0.3 is 0 Å². The molecule has 4 N–H and O–H groups in total. The fraction of sp³-hybridized carbons (Fsp3) is 0. The maximum absolute atomic E-state index is 12.1. The van der Waals surface area contributed by atoms with E-state index in [0.29, 0.717) is 54.5 Å². The molecule has 0 saturated carbocycles. The highest BCUT2D eigenvalue weighted by molar-refractivity contribution is 6.56. The summed E-state index contributed by atoms with van der Waals surface area (Å²) in [6.45, 7) is 0. The third-order valence-corrected chi connectivity index (χ3v) is 10.3. The largest absolute Gasteiger partial charge is 0.508 e. The Morgan fingerprint density at radius 3 is 1.25 bits per heavy atom. The van der Waals surface area contributed by atoms with Gasteiger partial charge in [0.25, 0.3) is 0 Å². The second-order valence-electron chi connectivity index (χ2n) is 12.8. The van der Waals surface area contributed by atoms with Crippen molar-refractivity contribution >= 4 is 96.3 Å². The standard InChI is InChI=1S/C40H30B4O4/c41-33-35(43)39(47)31-28(26-17-7-11-20-9-2-4-15-24(20)26)32-30(38(46)34(42)36(44)40(32)48)27(29(31)37(33)45)22-13-5-12-21(18-22)25-16-6-10-19-8-1-3-14-23(19)25/h1-18,45-48H,41-44H2. The third kappa shape index (κ3) is 4.15. The van der Waals surface area contributed by atoms with Gasteiger partial charge in [-0.2, -0.15) is 0 Å². The Hall–Kier alpha value is -5.74. The summed E-state index contributed by atoms with van der Waals surface area (Å²) in [4.78, 5) is 0. The minimum atomic E-state index is 0.0198. The van der Waals surface area contributed by atoms with E-state index in [0.717, 1.165) is 43.8 Å². The summed E-state index contributed by atoms with van der Waals surface area (Å²) >= 11 is 0. The molecule has 0 radical (unpaired) electrons. The van der Waals surface area contributed by atoms with Crippen LogP contribution in [-0.4, -0.2) is 51.8 Å². The van der Waals surface area contributed by atoms with E-state index in [1.165, 1.54) is 0 Å². The zero-order valence-electron chi connectivity index (χ0n) is 27.2. The van der Waals surface area contributed by atoms with Gasteiger partial charge in [0, 0.05) is 32.7 Å². The molecule has 0 saturated heterocycles. The Bertz CT molecular complexity index is 2580. The van der Waals surface area contributed by atoms with E-state index in [1.807, 2.05) is 72.8 Å². The number of hydrogen-bond donors (Lipinski definition) is 4. The van der Waals surface area contributed by atoms with Gasteiger partial charge in [-0.1, -0.05) is 103 Å². The molecule has 0 aliphatic rings. The first kappa shape index (κ1) is 29.6. The van der Waals surface area contributed by atoms with Crippen molar-refractivity contribution in [1.29, 1.82) is 0 Å². The molecular weight excluding hydrogens is 588 g/mol. The minimum Gasteiger partial charge on any atom is -0.508 e. The summed E-state index contributed by atoms with van der Waals surface area (Å²) in [7, 11) is 7.16. The highest BCUT2D eigenvalue weighted by Gasteiger charge is 2.29. The molecule has 8 rings (SSSR count). The fourth-order valence-electron chi connectivity index (χ4n) is 7.48. The molecule has 4 nitrogen and oxygen atoms in total. The Labute approximate surface area is 281 Å². The first-order valence-electron chi connectivity index (χ1n) is 16.1. The van der Waals surface area contributed by atoms with Crippen molar-refractivity contribution < 1.29 is 20.4 Å². The van der Waals surface area contributed by atoms with Crippen LogP contribution in [0, 0.1) is 0 Å². The van der Waals surface area contributed by atoms with E-state index >= 15 is 0 Å². The van der Waals surface area contributed by atoms with Crippen LogP contribution in [0.1, 0.15) is 0 Å². The predicted molar refractivity (Wildman–Crippen MR) is 212 cm³/mol. The zero-order valence-corrected chi connectivity index (χ0v) is 27.2. The van der Waals surface area contributed by atoms with Crippen molar-refractivity contribution in [3.8, 4) is 56.4 Å². The molecule has 8 aromatic rings. The maximum Gasteiger partial charge on any atom is 0.143 e. The van der Waals surface area contributed by atoms with E-state index in [-0.39, 0.29) is 23.0 Å². The zero-order chi connectivity index (χ0) is 33.4. The SMILES string of the molecule is Bc1c(B)c(O)c2c(-c3cccc4ccccc34)c3c(O)c(B)c(B)c(O)c3c(-c3cccc(-c4cccc5ccccc45)c3)c2c1O. The van der Waals surface area contributed by atoms with Crippen LogP contribution in [0.5, 0.6) is 23.0 Å². The van der Waals surface area contributed by atoms with Gasteiger partial charge in [-0.25, -0.2) is 0 Å². The van der Waals surface area contributed by atoms with Crippen molar-refractivity contribution in [3.63, 3.8) is 0 Å². The summed E-state index contributed by atoms with van der Waals surface area (Å²) < 4.78 is 0. The van der Waals surface area contributed by atoms with Crippen molar-refractivity contribution in [2.24, 2.45) is 0 Å². The molecule has 8 aromatic carbocycles. The fourth-order valence-corrected chi connectivity index (χ4v) is 7.48. The first-order chi connectivity index (χ1) is 23.2. The number of aromatic hydroxyl groups is 4. The van der Waals surface area contributed by atoms with E-state index in [4.69, 9.17) is 0 Å². The van der Waals surface area contributed by atoms with Crippen LogP contribution in [0.4, 0.5) is 0 Å². The molecule has 226 valence electrons. The Balaban J connectivity index is 1.62. The van der Waals surface area contributed by atoms with E-state index in [9.17, 15) is 20.4 Å². The number of rotatable bonds is 3. The summed E-state index contributed by atoms with van der Waals surface area (Å²) in [5.74, 6) is 0.0835. The Morgan fingerprint density at radius 2 is 0.729 bits per heavy atom. The van der Waals surface area contributed by atoms with Crippen molar-refractivity contribution in [2.75, 3.05) is 0 Å². The van der Waals surface area contributed by atoms with E-state index in [2.05, 4.69) is 36.4 Å². The number of phenols is 4. The van der Waals surface area contributed by atoms with Gasteiger partial charge in [-0.05, 0) is 71.7 Å². The van der Waals surface area contributed by atoms with Crippen LogP contribution in [-0.2, 0) is 0 Å². The van der Waals surface area contributed by atoms with Gasteiger partial charge in [0.1, 0.15) is 54.4 Å². The maximum atomic E-state index is 12.1. The summed E-state index contributed by atoms with van der Waals surface area (Å²) in [5.41, 5.74) is 6.79. The normalized spacial score (nSPS) is 11.6. The highest BCUT2D eigenvalue weighted by atomic mass is 16.3. The molecule has 0 fully saturated rings. The molecule has 48 heavy (non-hydrogen) atoms. The van der Waals surface area contributed by atoms with Crippen molar-refractivity contribution in [3.05, 3.63) is 109 Å². The lowest BCUT2D eigenvalue weighted by Crippen LogP contribution is -2.28. The van der Waals surface area contributed by atoms with Crippen LogP contribution in [0.25, 0.3) is 76.5 Å². The molecule has 0 aliphatic carbocycles. The van der Waals surface area contributed by atoms with Crippen molar-refractivity contribution in [2.45, 2.75) is 0 Å². The number of phenolic OH excluding ortho intramolecular Hbond substituents is 4. The molecule has 0 heterocycles. The second kappa shape index (κ2) is 10.9. The van der Waals surface area contributed by atoms with Gasteiger partial charge < -0.3 is 20.4 Å². The topological polar surface area (TPSA) is 80.9 Å². The number of benzene rings is 8. The molecule has 0 bridgehead atoms. The molecule has 0 aliphatic heterocycles. The molecule has 0 amide bonds. The minimum absolute atomic E-state index is 0.0198. The van der Waals surface area contributed by atoms with Gasteiger partial charge in [0.15, 0.2) is 0 Å². The van der Waals surface area contributed by atoms with Crippen LogP contribution >= 0.6 is 0 Å². The molecule has 0 spiro atoms. The average Bonchev–Trinajstić information content (AvgIpc) is 3.13. The molecule has 0 unspecified atom stereocenters. The predicted octanol–water partition coefficient (Wildman–Crippen LogP) is 3.16. The average molecular weight is 618 g/mol. The Kier molecular flexibility index (Phi) is 6.74. The first-order valence-corrected chi connectivity index (χ1v) is 16.1.